The summed E-state index contributed by atoms with van der Waals surface area (Å²) in [5.41, 5.74) is 7.08. The highest BCUT2D eigenvalue weighted by Gasteiger charge is 1.98. The van der Waals surface area contributed by atoms with Crippen molar-refractivity contribution < 1.29 is 4.74 Å². The highest BCUT2D eigenvalue weighted by Crippen LogP contribution is 2.15. The number of pyridine rings is 1. The summed E-state index contributed by atoms with van der Waals surface area (Å²) in [4.78, 5) is 4.14. The number of aromatic nitrogens is 1. The molecule has 4 heteroatoms. The normalized spacial score (nSPS) is 10.1. The molecule has 0 fully saturated rings. The molecule has 1 heterocycles. The van der Waals surface area contributed by atoms with Crippen LogP contribution in [-0.4, -0.2) is 4.98 Å². The van der Waals surface area contributed by atoms with Gasteiger partial charge in [-0.05, 0) is 36.4 Å². The van der Waals surface area contributed by atoms with Crippen LogP contribution in [0.2, 0.25) is 5.02 Å². The van der Waals surface area contributed by atoms with E-state index < -0.39 is 0 Å². The third-order valence-electron chi connectivity index (χ3n) is 2.05. The Kier molecular flexibility index (Phi) is 3.27. The predicted octanol–water partition coefficient (Wildman–Crippen LogP) is 2.90. The van der Waals surface area contributed by atoms with Crippen LogP contribution in [-0.2, 0) is 6.61 Å². The van der Waals surface area contributed by atoms with Gasteiger partial charge < -0.3 is 10.5 Å². The lowest BCUT2D eigenvalue weighted by atomic mass is 10.3. The predicted molar refractivity (Wildman–Crippen MR) is 64.4 cm³/mol. The zero-order valence-corrected chi connectivity index (χ0v) is 9.32. The van der Waals surface area contributed by atoms with Gasteiger partial charge in [-0.1, -0.05) is 11.6 Å². The van der Waals surface area contributed by atoms with E-state index in [9.17, 15) is 0 Å². The van der Waals surface area contributed by atoms with Gasteiger partial charge in [-0.25, -0.2) is 0 Å². The lowest BCUT2D eigenvalue weighted by molar-refractivity contribution is 0.301. The zero-order chi connectivity index (χ0) is 11.4. The first-order chi connectivity index (χ1) is 7.74. The average Bonchev–Trinajstić information content (AvgIpc) is 2.28. The molecule has 82 valence electrons. The van der Waals surface area contributed by atoms with Crippen molar-refractivity contribution in [1.29, 1.82) is 0 Å². The van der Waals surface area contributed by atoms with Crippen LogP contribution in [0.25, 0.3) is 0 Å². The molecule has 0 atom stereocenters. The topological polar surface area (TPSA) is 48.1 Å². The van der Waals surface area contributed by atoms with Gasteiger partial charge in [0.25, 0.3) is 0 Å². The number of benzene rings is 1. The summed E-state index contributed by atoms with van der Waals surface area (Å²) in [5, 5.41) is 0.658. The van der Waals surface area contributed by atoms with Gasteiger partial charge in [0.2, 0.25) is 0 Å². The van der Waals surface area contributed by atoms with Gasteiger partial charge in [0, 0.05) is 16.9 Å². The number of anilines is 1. The quantitative estimate of drug-likeness (QED) is 0.831. The second-order valence-corrected chi connectivity index (χ2v) is 3.76. The lowest BCUT2D eigenvalue weighted by Crippen LogP contribution is -1.97. The summed E-state index contributed by atoms with van der Waals surface area (Å²) >= 11 is 5.84. The number of ether oxygens (including phenoxy) is 1. The molecular weight excluding hydrogens is 224 g/mol. The van der Waals surface area contributed by atoms with E-state index >= 15 is 0 Å². The summed E-state index contributed by atoms with van der Waals surface area (Å²) in [6.45, 7) is 0.393. The molecule has 16 heavy (non-hydrogen) atoms. The minimum absolute atomic E-state index is 0.393. The van der Waals surface area contributed by atoms with E-state index in [1.54, 1.807) is 30.5 Å². The van der Waals surface area contributed by atoms with Gasteiger partial charge in [-0.15, -0.1) is 0 Å². The summed E-state index contributed by atoms with van der Waals surface area (Å²) in [6, 6.07) is 10.7. The fourth-order valence-corrected chi connectivity index (χ4v) is 1.43. The highest BCUT2D eigenvalue weighted by molar-refractivity contribution is 6.30. The number of halogens is 1. The largest absolute Gasteiger partial charge is 0.487 e. The minimum atomic E-state index is 0.393. The summed E-state index contributed by atoms with van der Waals surface area (Å²) in [6.07, 6.45) is 1.66. The van der Waals surface area contributed by atoms with Crippen molar-refractivity contribution in [2.24, 2.45) is 0 Å². The molecule has 2 N–H and O–H groups in total. The Morgan fingerprint density at radius 1 is 1.19 bits per heavy atom. The fourth-order valence-electron chi connectivity index (χ4n) is 1.25. The molecular formula is C12H11ClN2O. The van der Waals surface area contributed by atoms with Gasteiger partial charge >= 0.3 is 0 Å². The third-order valence-corrected chi connectivity index (χ3v) is 2.28. The molecule has 0 unspecified atom stereocenters. The Morgan fingerprint density at radius 2 is 1.94 bits per heavy atom. The van der Waals surface area contributed by atoms with Crippen LogP contribution in [0.15, 0.2) is 42.6 Å². The van der Waals surface area contributed by atoms with E-state index in [1.807, 2.05) is 12.1 Å². The molecule has 0 radical (unpaired) electrons. The van der Waals surface area contributed by atoms with Crippen LogP contribution in [0.4, 0.5) is 5.69 Å². The van der Waals surface area contributed by atoms with Gasteiger partial charge in [-0.3, -0.25) is 4.98 Å². The van der Waals surface area contributed by atoms with Gasteiger partial charge in [0.05, 0.1) is 5.69 Å². The molecule has 0 aliphatic carbocycles. The maximum atomic E-state index is 5.84. The van der Waals surface area contributed by atoms with Crippen molar-refractivity contribution >= 4 is 17.3 Å². The molecule has 0 saturated carbocycles. The number of nitrogen functional groups attached to an aromatic ring is 1. The van der Waals surface area contributed by atoms with Crippen molar-refractivity contribution in [2.45, 2.75) is 6.61 Å². The average molecular weight is 235 g/mol. The van der Waals surface area contributed by atoms with Gasteiger partial charge in [0.15, 0.2) is 0 Å². The van der Waals surface area contributed by atoms with Crippen molar-refractivity contribution in [1.82, 2.24) is 4.98 Å². The van der Waals surface area contributed by atoms with E-state index in [2.05, 4.69) is 4.98 Å². The molecule has 1 aromatic heterocycles. The van der Waals surface area contributed by atoms with E-state index in [4.69, 9.17) is 22.1 Å². The second kappa shape index (κ2) is 4.86. The number of hydrogen-bond acceptors (Lipinski definition) is 3. The molecule has 1 aromatic carbocycles. The number of nitrogens with zero attached hydrogens (tertiary/aromatic N) is 1. The van der Waals surface area contributed by atoms with E-state index in [0.717, 1.165) is 11.4 Å². The second-order valence-electron chi connectivity index (χ2n) is 3.32. The zero-order valence-electron chi connectivity index (χ0n) is 8.56. The Balaban J connectivity index is 1.99. The van der Waals surface area contributed by atoms with Crippen molar-refractivity contribution in [3.05, 3.63) is 53.3 Å². The molecule has 0 spiro atoms. The Morgan fingerprint density at radius 3 is 2.62 bits per heavy atom. The number of rotatable bonds is 3. The van der Waals surface area contributed by atoms with Crippen LogP contribution in [0.1, 0.15) is 5.69 Å². The Bertz CT molecular complexity index is 471. The van der Waals surface area contributed by atoms with Crippen molar-refractivity contribution in [3.8, 4) is 5.75 Å². The van der Waals surface area contributed by atoms with E-state index in [1.165, 1.54) is 0 Å². The number of hydrogen-bond donors (Lipinski definition) is 1. The molecule has 0 aliphatic heterocycles. The summed E-state index contributed by atoms with van der Waals surface area (Å²) < 4.78 is 5.53. The third kappa shape index (κ3) is 2.87. The fraction of sp³-hybridized carbons (Fsp3) is 0.0833. The van der Waals surface area contributed by atoms with Crippen LogP contribution < -0.4 is 10.5 Å². The van der Waals surface area contributed by atoms with Gasteiger partial charge in [-0.2, -0.15) is 0 Å². The van der Waals surface area contributed by atoms with Crippen LogP contribution >= 0.6 is 11.6 Å². The lowest BCUT2D eigenvalue weighted by Gasteiger charge is -2.05. The standard InChI is InChI=1S/C12H11ClN2O/c13-9-5-6-15-11(7-9)8-16-12-3-1-10(14)2-4-12/h1-7H,8,14H2. The minimum Gasteiger partial charge on any atom is -0.487 e. The number of nitrogens with two attached hydrogens (primary N) is 1. The molecule has 0 amide bonds. The van der Waals surface area contributed by atoms with Crippen molar-refractivity contribution in [3.63, 3.8) is 0 Å². The molecule has 0 saturated heterocycles. The molecule has 3 nitrogen and oxygen atoms in total. The van der Waals surface area contributed by atoms with Crippen LogP contribution in [0.5, 0.6) is 5.75 Å². The van der Waals surface area contributed by atoms with Gasteiger partial charge in [0.1, 0.15) is 12.4 Å². The Hall–Kier alpha value is -1.74. The first kappa shape index (κ1) is 10.8. The molecule has 0 aliphatic rings. The molecule has 0 bridgehead atoms. The summed E-state index contributed by atoms with van der Waals surface area (Å²) in [5.74, 6) is 0.760. The van der Waals surface area contributed by atoms with E-state index in [0.29, 0.717) is 17.3 Å². The molecule has 2 rings (SSSR count). The van der Waals surface area contributed by atoms with Crippen LogP contribution in [0, 0.1) is 0 Å². The first-order valence-corrected chi connectivity index (χ1v) is 5.20. The Labute approximate surface area is 98.8 Å². The smallest absolute Gasteiger partial charge is 0.130 e. The maximum Gasteiger partial charge on any atom is 0.130 e. The highest BCUT2D eigenvalue weighted by atomic mass is 35.5. The molecule has 2 aromatic rings. The first-order valence-electron chi connectivity index (χ1n) is 4.83. The van der Waals surface area contributed by atoms with Crippen molar-refractivity contribution in [2.75, 3.05) is 5.73 Å². The summed E-state index contributed by atoms with van der Waals surface area (Å²) in [7, 11) is 0. The van der Waals surface area contributed by atoms with E-state index in [-0.39, 0.29) is 0 Å². The monoisotopic (exact) mass is 234 g/mol. The maximum absolute atomic E-state index is 5.84. The van der Waals surface area contributed by atoms with Crippen LogP contribution in [0.3, 0.4) is 0 Å². The SMILES string of the molecule is Nc1ccc(OCc2cc(Cl)ccn2)cc1.